The van der Waals surface area contributed by atoms with Gasteiger partial charge in [0.1, 0.15) is 5.75 Å². The van der Waals surface area contributed by atoms with Gasteiger partial charge in [-0.2, -0.15) is 0 Å². The van der Waals surface area contributed by atoms with E-state index in [1.54, 1.807) is 72.8 Å². The van der Waals surface area contributed by atoms with Crippen LogP contribution >= 0.6 is 0 Å². The van der Waals surface area contributed by atoms with Crippen molar-refractivity contribution < 1.29 is 127 Å². The van der Waals surface area contributed by atoms with E-state index in [4.69, 9.17) is 4.74 Å². The van der Waals surface area contributed by atoms with E-state index in [2.05, 4.69) is 141 Å². The van der Waals surface area contributed by atoms with Gasteiger partial charge in [-0.25, -0.2) is 14.4 Å². The van der Waals surface area contributed by atoms with Crippen molar-refractivity contribution in [3.63, 3.8) is 0 Å². The first-order chi connectivity index (χ1) is 34.0. The number of carbonyl (C=O) groups is 3. The molecule has 0 N–H and O–H groups in total. The number of esters is 3. The van der Waals surface area contributed by atoms with Gasteiger partial charge < -0.3 is 36.5 Å². The fourth-order valence-electron chi connectivity index (χ4n) is 4.13. The zero-order valence-electron chi connectivity index (χ0n) is 52.8. The summed E-state index contributed by atoms with van der Waals surface area (Å²) in [4.78, 5) is 33.2. The van der Waals surface area contributed by atoms with E-state index in [1.165, 1.54) is 25.0 Å². The Labute approximate surface area is 555 Å². The molecule has 0 aliphatic heterocycles. The molecule has 427 valence electrons. The van der Waals surface area contributed by atoms with E-state index < -0.39 is 0 Å². The second-order valence-corrected chi connectivity index (χ2v) is 19.3. The van der Waals surface area contributed by atoms with Crippen LogP contribution in [0.25, 0.3) is 10.8 Å². The van der Waals surface area contributed by atoms with Gasteiger partial charge >= 0.3 is 17.9 Å². The number of rotatable bonds is 4. The third-order valence-electron chi connectivity index (χ3n) is 6.68. The van der Waals surface area contributed by atoms with Crippen molar-refractivity contribution in [2.75, 3.05) is 14.2 Å². The molecule has 0 atom stereocenters. The van der Waals surface area contributed by atoms with Crippen LogP contribution < -0.4 is 4.74 Å². The van der Waals surface area contributed by atoms with Gasteiger partial charge in [-0.15, -0.1) is 0 Å². The fourth-order valence-corrected chi connectivity index (χ4v) is 4.13. The first-order valence-electron chi connectivity index (χ1n) is 25.0. The largest absolute Gasteiger partial charge is 0.465 e. The number of benzene rings is 7. The van der Waals surface area contributed by atoms with Crippen LogP contribution in [-0.2, 0) is 108 Å². The minimum absolute atomic E-state index is 0. The van der Waals surface area contributed by atoms with Gasteiger partial charge in [-0.3, -0.25) is 0 Å². The summed E-state index contributed by atoms with van der Waals surface area (Å²) in [6, 6.07) is 64.4. The Morgan fingerprint density at radius 3 is 0.628 bits per heavy atom. The summed E-state index contributed by atoms with van der Waals surface area (Å²) in [7, 11) is 2.74. The molecule has 0 fully saturated rings. The second-order valence-electron chi connectivity index (χ2n) is 19.3. The minimum atomic E-state index is -0.332. The monoisotopic (exact) mass is 1290 g/mol. The van der Waals surface area contributed by atoms with Crippen LogP contribution in [0.5, 0.6) is 5.75 Å². The summed E-state index contributed by atoms with van der Waals surface area (Å²) in [5, 5.41) is 2.62. The first kappa shape index (κ1) is 96.8. The van der Waals surface area contributed by atoms with E-state index in [1.807, 2.05) is 126 Å². The van der Waals surface area contributed by atoms with Crippen LogP contribution in [0, 0.1) is 38.5 Å². The van der Waals surface area contributed by atoms with E-state index in [-0.39, 0.29) is 138 Å². The third-order valence-corrected chi connectivity index (χ3v) is 6.68. The standard InChI is InChI=1S/C13H10O2.C10H8.2C8H8O2.C6H6.3C5H12.3C2H6.3CH3.3Y/c14-13(11-7-3-1-4-8-11)15-12-9-5-2-6-10-12;1-2-6-10-8-4-3-7-9(10)5-1;2*1-10-8(9)7-5-3-2-4-6-7;1-2-4-6-5-3-1;3*1-5(2,3)4;3*1-2;;;;;;/h1-10H;1-8H;2*2-6H,1H3;1-6H;3*1-4H3;3*1-2H3;3*1H3;;;/q;;;;;;;;;;;3*-1;;;. The van der Waals surface area contributed by atoms with Gasteiger partial charge in [0.05, 0.1) is 30.9 Å². The second kappa shape index (κ2) is 62.7. The maximum absolute atomic E-state index is 11.6. The molecule has 0 aliphatic carbocycles. The van der Waals surface area contributed by atoms with Crippen LogP contribution in [0.3, 0.4) is 0 Å². The first-order valence-corrected chi connectivity index (χ1v) is 25.0. The Balaban J connectivity index is -0.0000000847. The molecule has 3 radical (unpaired) electrons. The molecule has 7 aromatic rings. The van der Waals surface area contributed by atoms with Crippen molar-refractivity contribution in [2.24, 2.45) is 16.2 Å². The molecule has 0 amide bonds. The number of hydrogen-bond donors (Lipinski definition) is 0. The Hall–Kier alpha value is -3.48. The fraction of sp³-hybridized carbons (Fsp3) is 0.333. The molecule has 0 saturated heterocycles. The summed E-state index contributed by atoms with van der Waals surface area (Å²) in [5.41, 5.74) is 3.23. The van der Waals surface area contributed by atoms with Crippen LogP contribution in [0.4, 0.5) is 0 Å². The number of para-hydroxylation sites is 1. The average molecular weight is 1300 g/mol. The van der Waals surface area contributed by atoms with Crippen molar-refractivity contribution in [1.29, 1.82) is 0 Å². The predicted octanol–water partition coefficient (Wildman–Crippen LogP) is 21.0. The molecule has 0 heterocycles. The topological polar surface area (TPSA) is 78.9 Å². The van der Waals surface area contributed by atoms with E-state index >= 15 is 0 Å². The number of hydrogen-bond acceptors (Lipinski definition) is 6. The molecule has 9 heteroatoms. The van der Waals surface area contributed by atoms with Crippen LogP contribution in [0.2, 0.25) is 0 Å². The molecule has 6 nitrogen and oxygen atoms in total. The zero-order chi connectivity index (χ0) is 55.9. The van der Waals surface area contributed by atoms with Crippen molar-refractivity contribution in [3.05, 3.63) is 245 Å². The summed E-state index contributed by atoms with van der Waals surface area (Å²) in [6.45, 7) is 38.2. The molecule has 0 bridgehead atoms. The smallest absolute Gasteiger partial charge is 0.343 e. The van der Waals surface area contributed by atoms with E-state index in [0.717, 1.165) is 0 Å². The number of ether oxygens (including phenoxy) is 3. The maximum Gasteiger partial charge on any atom is 0.343 e. The van der Waals surface area contributed by atoms with Crippen LogP contribution in [0.1, 0.15) is 156 Å². The Kier molecular flexibility index (Phi) is 77.8. The van der Waals surface area contributed by atoms with Crippen molar-refractivity contribution >= 4 is 28.7 Å². The summed E-state index contributed by atoms with van der Waals surface area (Å²) >= 11 is 0. The number of carbonyl (C=O) groups excluding carboxylic acids is 3. The van der Waals surface area contributed by atoms with Gasteiger partial charge in [-0.05, 0) is 75.5 Å². The molecule has 0 spiro atoms. The molecule has 0 aromatic heterocycles. The molecule has 7 rings (SSSR count). The zero-order valence-corrected chi connectivity index (χ0v) is 61.3. The normalized spacial score (nSPS) is 8.56. The summed E-state index contributed by atoms with van der Waals surface area (Å²) in [5.74, 6) is -0.352. The molecule has 0 saturated carbocycles. The molecule has 0 unspecified atom stereocenters. The van der Waals surface area contributed by atoms with Crippen molar-refractivity contribution in [1.82, 2.24) is 0 Å². The van der Waals surface area contributed by atoms with Crippen molar-refractivity contribution in [2.45, 2.75) is 125 Å². The molecular formula is C69H103O6Y3-3. The van der Waals surface area contributed by atoms with Gasteiger partial charge in [0.2, 0.25) is 0 Å². The quantitative estimate of drug-likeness (QED) is 0.0993. The molecule has 0 aliphatic rings. The number of fused-ring (bicyclic) bond motifs is 1. The average Bonchev–Trinajstić information content (AvgIpc) is 3.38. The minimum Gasteiger partial charge on any atom is -0.465 e. The van der Waals surface area contributed by atoms with Crippen molar-refractivity contribution in [3.8, 4) is 5.75 Å². The van der Waals surface area contributed by atoms with Crippen LogP contribution in [0.15, 0.2) is 206 Å². The Bertz CT molecular complexity index is 2080. The number of methoxy groups -OCH3 is 2. The van der Waals surface area contributed by atoms with Gasteiger partial charge in [0.15, 0.2) is 0 Å². The third kappa shape index (κ3) is 70.5. The Morgan fingerprint density at radius 2 is 0.436 bits per heavy atom. The van der Waals surface area contributed by atoms with Crippen LogP contribution in [-0.4, -0.2) is 32.1 Å². The van der Waals surface area contributed by atoms with E-state index in [0.29, 0.717) is 38.7 Å². The summed E-state index contributed by atoms with van der Waals surface area (Å²) < 4.78 is 14.2. The van der Waals surface area contributed by atoms with Gasteiger partial charge in [0.25, 0.3) is 0 Å². The predicted molar refractivity (Wildman–Crippen MR) is 332 cm³/mol. The van der Waals surface area contributed by atoms with E-state index in [9.17, 15) is 14.4 Å². The van der Waals surface area contributed by atoms with Gasteiger partial charge in [0, 0.05) is 98.1 Å². The molecular weight excluding hydrogens is 1190 g/mol. The molecule has 78 heavy (non-hydrogen) atoms. The maximum atomic E-state index is 11.6. The summed E-state index contributed by atoms with van der Waals surface area (Å²) in [6.07, 6.45) is 0. The molecule has 7 aromatic carbocycles. The SMILES string of the molecule is CC.CC.CC.CC(C)(C)C.CC(C)(C)C.CC(C)(C)C.COC(=O)c1ccccc1.COC(=O)c1ccccc1.O=C(Oc1ccccc1)c1ccccc1.[CH3-].[CH3-].[CH3-].[Y].[Y].[Y].c1ccc2ccccc2c1.c1ccccc1. The Morgan fingerprint density at radius 1 is 0.282 bits per heavy atom. The van der Waals surface area contributed by atoms with Gasteiger partial charge in [-0.1, -0.05) is 282 Å².